The Kier molecular flexibility index (Phi) is 4.36. The van der Waals surface area contributed by atoms with E-state index in [0.717, 1.165) is 4.57 Å². The van der Waals surface area contributed by atoms with Gasteiger partial charge in [-0.15, -0.1) is 0 Å². The Balaban J connectivity index is 2.07. The molecular formula is C16H12Cl2N4O3. The second kappa shape index (κ2) is 6.34. The first-order chi connectivity index (χ1) is 11.8. The van der Waals surface area contributed by atoms with E-state index in [1.54, 1.807) is 12.1 Å². The largest absolute Gasteiger partial charge is 0.332 e. The predicted octanol–water partition coefficient (Wildman–Crippen LogP) is 2.19. The van der Waals surface area contributed by atoms with Gasteiger partial charge in [0.15, 0.2) is 0 Å². The normalized spacial score (nSPS) is 10.9. The molecule has 3 rings (SSSR count). The second-order valence-electron chi connectivity index (χ2n) is 5.35. The van der Waals surface area contributed by atoms with Crippen molar-refractivity contribution in [3.8, 4) is 0 Å². The highest BCUT2D eigenvalue weighted by molar-refractivity contribution is 6.35. The summed E-state index contributed by atoms with van der Waals surface area (Å²) in [6.45, 7) is 0. The van der Waals surface area contributed by atoms with Crippen LogP contribution in [0.3, 0.4) is 0 Å². The van der Waals surface area contributed by atoms with Crippen LogP contribution in [0.25, 0.3) is 11.0 Å². The van der Waals surface area contributed by atoms with Gasteiger partial charge in [0.1, 0.15) is 11.3 Å². The fourth-order valence-electron chi connectivity index (χ4n) is 2.36. The first-order valence-electron chi connectivity index (χ1n) is 7.13. The van der Waals surface area contributed by atoms with Crippen molar-refractivity contribution in [1.29, 1.82) is 0 Å². The number of carbonyl (C=O) groups is 1. The molecule has 0 unspecified atom stereocenters. The molecular weight excluding hydrogens is 367 g/mol. The number of nitrogens with one attached hydrogen (secondary N) is 1. The van der Waals surface area contributed by atoms with Gasteiger partial charge in [-0.05, 0) is 30.3 Å². The summed E-state index contributed by atoms with van der Waals surface area (Å²) in [5.41, 5.74) is -0.514. The van der Waals surface area contributed by atoms with Crippen LogP contribution in [0.4, 0.5) is 5.69 Å². The van der Waals surface area contributed by atoms with Crippen molar-refractivity contribution in [2.75, 3.05) is 5.32 Å². The average Bonchev–Trinajstić information content (AvgIpc) is 2.60. The third kappa shape index (κ3) is 3.04. The lowest BCUT2D eigenvalue weighted by atomic mass is 10.2. The average molecular weight is 379 g/mol. The minimum absolute atomic E-state index is 0.0341. The van der Waals surface area contributed by atoms with Gasteiger partial charge < -0.3 is 5.32 Å². The second-order valence-corrected chi connectivity index (χ2v) is 6.20. The van der Waals surface area contributed by atoms with E-state index < -0.39 is 17.2 Å². The molecule has 0 fully saturated rings. The van der Waals surface area contributed by atoms with Crippen molar-refractivity contribution in [3.05, 3.63) is 66.9 Å². The molecule has 25 heavy (non-hydrogen) atoms. The molecule has 1 amide bonds. The molecule has 3 aromatic rings. The summed E-state index contributed by atoms with van der Waals surface area (Å²) in [6, 6.07) is 7.52. The van der Waals surface area contributed by atoms with E-state index in [1.165, 1.54) is 36.9 Å². The molecule has 0 saturated heterocycles. The maximum atomic E-state index is 12.4. The lowest BCUT2D eigenvalue weighted by molar-refractivity contribution is 0.102. The Labute approximate surface area is 151 Å². The summed E-state index contributed by atoms with van der Waals surface area (Å²) in [4.78, 5) is 40.7. The van der Waals surface area contributed by atoms with E-state index in [2.05, 4.69) is 10.3 Å². The molecule has 1 aromatic carbocycles. The van der Waals surface area contributed by atoms with Gasteiger partial charge in [-0.3, -0.25) is 18.7 Å². The molecule has 128 valence electrons. The monoisotopic (exact) mass is 378 g/mol. The number of benzene rings is 1. The van der Waals surface area contributed by atoms with Crippen molar-refractivity contribution < 1.29 is 4.79 Å². The molecule has 0 aliphatic heterocycles. The van der Waals surface area contributed by atoms with Gasteiger partial charge in [-0.1, -0.05) is 23.2 Å². The number of hydrogen-bond donors (Lipinski definition) is 1. The van der Waals surface area contributed by atoms with Gasteiger partial charge in [0.05, 0.1) is 16.1 Å². The summed E-state index contributed by atoms with van der Waals surface area (Å²) in [5, 5.41) is 3.57. The molecule has 1 N–H and O–H groups in total. The van der Waals surface area contributed by atoms with Gasteiger partial charge in [-0.2, -0.15) is 0 Å². The molecule has 0 atom stereocenters. The third-order valence-electron chi connectivity index (χ3n) is 3.71. The van der Waals surface area contributed by atoms with Crippen LogP contribution < -0.4 is 16.6 Å². The van der Waals surface area contributed by atoms with E-state index in [4.69, 9.17) is 23.2 Å². The van der Waals surface area contributed by atoms with E-state index >= 15 is 0 Å². The minimum Gasteiger partial charge on any atom is -0.319 e. The van der Waals surface area contributed by atoms with E-state index in [9.17, 15) is 14.4 Å². The fourth-order valence-corrected chi connectivity index (χ4v) is 2.70. The van der Waals surface area contributed by atoms with Crippen LogP contribution in [-0.4, -0.2) is 20.0 Å². The zero-order valence-electron chi connectivity index (χ0n) is 13.2. The molecule has 0 aliphatic rings. The lowest BCUT2D eigenvalue weighted by Crippen LogP contribution is -2.37. The number of rotatable bonds is 2. The summed E-state index contributed by atoms with van der Waals surface area (Å²) < 4.78 is 2.19. The highest BCUT2D eigenvalue weighted by Gasteiger charge is 2.15. The molecule has 0 radical (unpaired) electrons. The standard InChI is InChI=1S/C16H12Cl2N4O3/c1-21-13-9(15(24)22(2)16(21)25)4-6-11(19-13)14(23)20-12-7-8(17)3-5-10(12)18/h3-7H,1-2H3,(H,20,23). The van der Waals surface area contributed by atoms with Crippen molar-refractivity contribution in [2.45, 2.75) is 0 Å². The summed E-state index contributed by atoms with van der Waals surface area (Å²) in [5.74, 6) is -0.542. The van der Waals surface area contributed by atoms with E-state index in [-0.39, 0.29) is 16.7 Å². The third-order valence-corrected chi connectivity index (χ3v) is 4.28. The zero-order chi connectivity index (χ0) is 18.3. The Morgan fingerprint density at radius 2 is 1.80 bits per heavy atom. The number of pyridine rings is 1. The summed E-state index contributed by atoms with van der Waals surface area (Å²) in [6.07, 6.45) is 0. The summed E-state index contributed by atoms with van der Waals surface area (Å²) >= 11 is 11.9. The van der Waals surface area contributed by atoms with Crippen LogP contribution in [0.5, 0.6) is 0 Å². The molecule has 0 aliphatic carbocycles. The number of anilines is 1. The number of halogens is 2. The number of carbonyl (C=O) groups excluding carboxylic acids is 1. The number of fused-ring (bicyclic) bond motifs is 1. The highest BCUT2D eigenvalue weighted by Crippen LogP contribution is 2.25. The summed E-state index contributed by atoms with van der Waals surface area (Å²) in [7, 11) is 2.86. The quantitative estimate of drug-likeness (QED) is 0.740. The molecule has 9 heteroatoms. The lowest BCUT2D eigenvalue weighted by Gasteiger charge is -2.10. The van der Waals surface area contributed by atoms with Crippen LogP contribution >= 0.6 is 23.2 Å². The van der Waals surface area contributed by atoms with Crippen LogP contribution in [0, 0.1) is 0 Å². The van der Waals surface area contributed by atoms with Gasteiger partial charge in [0.25, 0.3) is 11.5 Å². The van der Waals surface area contributed by atoms with Crippen LogP contribution in [-0.2, 0) is 14.1 Å². The van der Waals surface area contributed by atoms with Gasteiger partial charge in [-0.25, -0.2) is 9.78 Å². The Hall–Kier alpha value is -2.64. The molecule has 7 nitrogen and oxygen atoms in total. The number of amides is 1. The smallest absolute Gasteiger partial charge is 0.319 e. The van der Waals surface area contributed by atoms with E-state index in [1.807, 2.05) is 0 Å². The number of hydrogen-bond acceptors (Lipinski definition) is 4. The number of aryl methyl sites for hydroxylation is 1. The molecule has 0 saturated carbocycles. The van der Waals surface area contributed by atoms with Crippen molar-refractivity contribution in [3.63, 3.8) is 0 Å². The molecule has 2 heterocycles. The van der Waals surface area contributed by atoms with Crippen molar-refractivity contribution >= 4 is 45.8 Å². The maximum Gasteiger partial charge on any atom is 0.332 e. The van der Waals surface area contributed by atoms with Crippen LogP contribution in [0.15, 0.2) is 39.9 Å². The number of aromatic nitrogens is 3. The molecule has 0 spiro atoms. The van der Waals surface area contributed by atoms with Gasteiger partial charge >= 0.3 is 5.69 Å². The maximum absolute atomic E-state index is 12.4. The predicted molar refractivity (Wildman–Crippen MR) is 96.6 cm³/mol. The topological polar surface area (TPSA) is 86.0 Å². The van der Waals surface area contributed by atoms with E-state index in [0.29, 0.717) is 15.7 Å². The molecule has 2 aromatic heterocycles. The van der Waals surface area contributed by atoms with Crippen molar-refractivity contribution in [2.24, 2.45) is 14.1 Å². The zero-order valence-corrected chi connectivity index (χ0v) is 14.7. The Morgan fingerprint density at radius 1 is 1.08 bits per heavy atom. The Bertz CT molecular complexity index is 1130. The minimum atomic E-state index is -0.542. The molecule has 0 bridgehead atoms. The highest BCUT2D eigenvalue weighted by atomic mass is 35.5. The Morgan fingerprint density at radius 3 is 2.52 bits per heavy atom. The van der Waals surface area contributed by atoms with Gasteiger partial charge in [0.2, 0.25) is 0 Å². The van der Waals surface area contributed by atoms with Gasteiger partial charge in [0, 0.05) is 19.1 Å². The SMILES string of the molecule is Cn1c(=O)c2ccc(C(=O)Nc3cc(Cl)ccc3Cl)nc2n(C)c1=O. The van der Waals surface area contributed by atoms with Crippen LogP contribution in [0.1, 0.15) is 10.5 Å². The van der Waals surface area contributed by atoms with Crippen LogP contribution in [0.2, 0.25) is 10.0 Å². The fraction of sp³-hybridized carbons (Fsp3) is 0.125. The number of nitrogens with zero attached hydrogens (tertiary/aromatic N) is 3. The van der Waals surface area contributed by atoms with Crippen molar-refractivity contribution in [1.82, 2.24) is 14.1 Å². The first-order valence-corrected chi connectivity index (χ1v) is 7.88. The first kappa shape index (κ1) is 17.2.